The predicted molar refractivity (Wildman–Crippen MR) is 119 cm³/mol. The Morgan fingerprint density at radius 1 is 1.34 bits per heavy atom. The quantitative estimate of drug-likeness (QED) is 0.575. The Morgan fingerprint density at radius 3 is 2.93 bits per heavy atom. The molecule has 0 atom stereocenters. The highest BCUT2D eigenvalue weighted by Crippen LogP contribution is 2.27. The van der Waals surface area contributed by atoms with Gasteiger partial charge in [0.25, 0.3) is 5.91 Å². The van der Waals surface area contributed by atoms with E-state index < -0.39 is 0 Å². The molecule has 1 aromatic carbocycles. The maximum atomic E-state index is 12.0. The van der Waals surface area contributed by atoms with Gasteiger partial charge in [0.05, 0.1) is 17.0 Å². The number of rotatable bonds is 6. The number of amidine groups is 1. The molecule has 3 aromatic rings. The van der Waals surface area contributed by atoms with Crippen LogP contribution in [-0.4, -0.2) is 48.2 Å². The first kappa shape index (κ1) is 21.5. The lowest BCUT2D eigenvalue weighted by Gasteiger charge is -2.05. The van der Waals surface area contributed by atoms with Crippen LogP contribution in [0.2, 0.25) is 0 Å². The second-order valence-electron chi connectivity index (χ2n) is 6.23. The van der Waals surface area contributed by atoms with Crippen molar-refractivity contribution in [2.75, 3.05) is 11.5 Å². The van der Waals surface area contributed by atoms with Crippen molar-refractivity contribution in [3.8, 4) is 0 Å². The van der Waals surface area contributed by atoms with Gasteiger partial charge in [0.1, 0.15) is 5.52 Å². The van der Waals surface area contributed by atoms with Gasteiger partial charge >= 0.3 is 0 Å². The van der Waals surface area contributed by atoms with E-state index in [9.17, 15) is 9.59 Å². The first-order valence-electron chi connectivity index (χ1n) is 8.94. The number of fused-ring (bicyclic) bond motifs is 3. The number of unbranched alkanes of at least 4 members (excludes halogenated alkanes) is 1. The number of aromatic nitrogens is 4. The molecule has 8 nitrogen and oxygen atoms in total. The molecule has 1 aliphatic heterocycles. The summed E-state index contributed by atoms with van der Waals surface area (Å²) < 4.78 is 2.17. The molecule has 1 aliphatic rings. The second-order valence-corrected chi connectivity index (χ2v) is 8.13. The smallest absolute Gasteiger partial charge is 0.258 e. The number of thioether (sulfide) groups is 2. The maximum Gasteiger partial charge on any atom is 0.258 e. The first-order valence-corrected chi connectivity index (χ1v) is 10.9. The minimum atomic E-state index is -0.343. The Labute approximate surface area is 181 Å². The summed E-state index contributed by atoms with van der Waals surface area (Å²) in [7, 11) is 0. The van der Waals surface area contributed by atoms with Crippen molar-refractivity contribution in [2.24, 2.45) is 4.99 Å². The number of hydrogen-bond donors (Lipinski definition) is 1. The molecule has 1 saturated heterocycles. The summed E-state index contributed by atoms with van der Waals surface area (Å²) in [5, 5.41) is 12.9. The van der Waals surface area contributed by atoms with Gasteiger partial charge in [-0.3, -0.25) is 9.59 Å². The van der Waals surface area contributed by atoms with E-state index in [0.717, 1.165) is 41.5 Å². The molecular weight excluding hydrogens is 432 g/mol. The highest BCUT2D eigenvalue weighted by Gasteiger charge is 2.18. The third-order valence-electron chi connectivity index (χ3n) is 4.23. The van der Waals surface area contributed by atoms with Crippen molar-refractivity contribution in [3.63, 3.8) is 0 Å². The van der Waals surface area contributed by atoms with E-state index in [1.807, 2.05) is 18.2 Å². The molecule has 0 radical (unpaired) electrons. The Bertz CT molecular complexity index is 1100. The number of aryl methyl sites for hydroxylation is 1. The van der Waals surface area contributed by atoms with Gasteiger partial charge < -0.3 is 9.88 Å². The number of halogens is 1. The summed E-state index contributed by atoms with van der Waals surface area (Å²) in [6.45, 7) is 3.01. The maximum absolute atomic E-state index is 12.0. The van der Waals surface area contributed by atoms with Crippen molar-refractivity contribution < 1.29 is 9.59 Å². The van der Waals surface area contributed by atoms with Crippen LogP contribution in [0, 0.1) is 0 Å². The summed E-state index contributed by atoms with van der Waals surface area (Å²) in [6.07, 6.45) is 2.12. The standard InChI is InChI=1S/C18H18N6O2S2.ClH/c1-2-3-8-24-12-7-5-4-6-11(12)15-16(24)21-18(23-22-15)28-10-14(26)20-17-19-13(25)9-27-17;/h4-7H,2-3,8-10H2,1H3,(H,19,20,25,26);1H. The fourth-order valence-corrected chi connectivity index (χ4v) is 4.21. The highest BCUT2D eigenvalue weighted by molar-refractivity contribution is 8.15. The third kappa shape index (κ3) is 4.71. The number of nitrogens with one attached hydrogen (secondary N) is 1. The van der Waals surface area contributed by atoms with E-state index in [1.165, 1.54) is 23.5 Å². The highest BCUT2D eigenvalue weighted by atomic mass is 35.5. The van der Waals surface area contributed by atoms with Crippen LogP contribution in [0.4, 0.5) is 0 Å². The molecule has 152 valence electrons. The zero-order valence-corrected chi connectivity index (χ0v) is 18.1. The number of amides is 2. The Hall–Kier alpha value is -2.17. The molecule has 0 spiro atoms. The zero-order chi connectivity index (χ0) is 19.5. The van der Waals surface area contributed by atoms with Crippen LogP contribution in [0.3, 0.4) is 0 Å². The van der Waals surface area contributed by atoms with E-state index in [4.69, 9.17) is 0 Å². The molecule has 2 aromatic heterocycles. The van der Waals surface area contributed by atoms with E-state index in [2.05, 4.69) is 43.0 Å². The fourth-order valence-electron chi connectivity index (χ4n) is 2.95. The summed E-state index contributed by atoms with van der Waals surface area (Å²) in [4.78, 5) is 31.8. The SMILES string of the molecule is CCCCn1c2ccccc2c2nnc(SCC(=O)N=C3NC(=O)CS3)nc21.Cl. The lowest BCUT2D eigenvalue weighted by atomic mass is 10.2. The summed E-state index contributed by atoms with van der Waals surface area (Å²) in [5.74, 6) is -0.0971. The lowest BCUT2D eigenvalue weighted by molar-refractivity contribution is -0.116. The number of para-hydroxylation sites is 1. The van der Waals surface area contributed by atoms with Crippen LogP contribution >= 0.6 is 35.9 Å². The van der Waals surface area contributed by atoms with Crippen LogP contribution in [0.25, 0.3) is 22.1 Å². The second kappa shape index (κ2) is 9.55. The minimum absolute atomic E-state index is 0. The molecule has 1 N–H and O–H groups in total. The molecule has 0 aliphatic carbocycles. The minimum Gasteiger partial charge on any atom is -0.324 e. The van der Waals surface area contributed by atoms with Gasteiger partial charge in [-0.2, -0.15) is 4.99 Å². The Balaban J connectivity index is 0.00000240. The molecule has 3 heterocycles. The Morgan fingerprint density at radius 2 is 2.17 bits per heavy atom. The molecule has 0 saturated carbocycles. The average molecular weight is 451 g/mol. The molecule has 0 unspecified atom stereocenters. The summed E-state index contributed by atoms with van der Waals surface area (Å²) >= 11 is 2.42. The molecule has 4 rings (SSSR count). The molecule has 11 heteroatoms. The van der Waals surface area contributed by atoms with Crippen LogP contribution in [-0.2, 0) is 16.1 Å². The normalized spacial score (nSPS) is 15.1. The molecular formula is C18H19ClN6O2S2. The fraction of sp³-hybridized carbons (Fsp3) is 0.333. The first-order chi connectivity index (χ1) is 13.7. The van der Waals surface area contributed by atoms with Crippen LogP contribution in [0.5, 0.6) is 0 Å². The van der Waals surface area contributed by atoms with Crippen molar-refractivity contribution in [1.82, 2.24) is 25.1 Å². The monoisotopic (exact) mass is 450 g/mol. The molecule has 1 fully saturated rings. The third-order valence-corrected chi connectivity index (χ3v) is 5.92. The molecule has 2 amide bonds. The van der Waals surface area contributed by atoms with Crippen molar-refractivity contribution in [1.29, 1.82) is 0 Å². The number of carbonyl (C=O) groups is 2. The number of benzene rings is 1. The van der Waals surface area contributed by atoms with Crippen molar-refractivity contribution >= 4 is 75.0 Å². The number of carbonyl (C=O) groups excluding carboxylic acids is 2. The summed E-state index contributed by atoms with van der Waals surface area (Å²) in [6, 6.07) is 8.07. The lowest BCUT2D eigenvalue weighted by Crippen LogP contribution is -2.21. The van der Waals surface area contributed by atoms with Gasteiger partial charge in [0, 0.05) is 11.9 Å². The number of aliphatic imine (C=N–C) groups is 1. The Kier molecular flexibility index (Phi) is 7.09. The molecule has 29 heavy (non-hydrogen) atoms. The van der Waals surface area contributed by atoms with Gasteiger partial charge in [-0.05, 0) is 12.5 Å². The summed E-state index contributed by atoms with van der Waals surface area (Å²) in [5.41, 5.74) is 2.64. The topological polar surface area (TPSA) is 102 Å². The predicted octanol–water partition coefficient (Wildman–Crippen LogP) is 3.04. The van der Waals surface area contributed by atoms with Crippen molar-refractivity contribution in [2.45, 2.75) is 31.5 Å². The van der Waals surface area contributed by atoms with Crippen molar-refractivity contribution in [3.05, 3.63) is 24.3 Å². The average Bonchev–Trinajstić information content (AvgIpc) is 3.25. The van der Waals surface area contributed by atoms with Crippen LogP contribution in [0.1, 0.15) is 19.8 Å². The van der Waals surface area contributed by atoms with E-state index in [-0.39, 0.29) is 30.0 Å². The van der Waals surface area contributed by atoms with Gasteiger partial charge in [-0.15, -0.1) is 22.6 Å². The van der Waals surface area contributed by atoms with Crippen LogP contribution < -0.4 is 5.32 Å². The van der Waals surface area contributed by atoms with E-state index in [1.54, 1.807) is 0 Å². The number of nitrogens with zero attached hydrogens (tertiary/aromatic N) is 5. The van der Waals surface area contributed by atoms with Crippen LogP contribution in [0.15, 0.2) is 34.4 Å². The van der Waals surface area contributed by atoms with Gasteiger partial charge in [0.2, 0.25) is 11.1 Å². The number of hydrogen-bond acceptors (Lipinski definition) is 7. The van der Waals surface area contributed by atoms with Gasteiger partial charge in [-0.25, -0.2) is 4.98 Å². The van der Waals surface area contributed by atoms with Gasteiger partial charge in [-0.1, -0.05) is 55.1 Å². The molecule has 0 bridgehead atoms. The largest absolute Gasteiger partial charge is 0.324 e. The van der Waals surface area contributed by atoms with E-state index in [0.29, 0.717) is 16.1 Å². The van der Waals surface area contributed by atoms with E-state index >= 15 is 0 Å². The van der Waals surface area contributed by atoms with Gasteiger partial charge in [0.15, 0.2) is 10.8 Å². The zero-order valence-electron chi connectivity index (χ0n) is 15.6.